The van der Waals surface area contributed by atoms with E-state index in [1.807, 2.05) is 0 Å². The molecule has 0 spiro atoms. The first-order valence-electron chi connectivity index (χ1n) is 3.79. The number of rotatable bonds is 1. The molecule has 0 fully saturated rings. The summed E-state index contributed by atoms with van der Waals surface area (Å²) in [4.78, 5) is 13.4. The van der Waals surface area contributed by atoms with Crippen LogP contribution < -0.4 is 0 Å². The zero-order chi connectivity index (χ0) is 10.3. The van der Waals surface area contributed by atoms with Gasteiger partial charge in [-0.25, -0.2) is 9.18 Å². The third-order valence-electron chi connectivity index (χ3n) is 1.93. The molecule has 3 nitrogen and oxygen atoms in total. The van der Waals surface area contributed by atoms with Gasteiger partial charge >= 0.3 is 5.97 Å². The molecule has 2 rings (SSSR count). The minimum absolute atomic E-state index is 0.0463. The highest BCUT2D eigenvalue weighted by atomic mass is 35.5. The molecule has 0 amide bonds. The monoisotopic (exact) mass is 213 g/mol. The van der Waals surface area contributed by atoms with E-state index in [-0.39, 0.29) is 10.6 Å². The Balaban J connectivity index is 2.85. The second-order valence-electron chi connectivity index (χ2n) is 2.82. The fourth-order valence-electron chi connectivity index (χ4n) is 1.35. The van der Waals surface area contributed by atoms with Crippen molar-refractivity contribution in [3.05, 3.63) is 34.7 Å². The highest BCUT2D eigenvalue weighted by molar-refractivity contribution is 6.36. The summed E-state index contributed by atoms with van der Waals surface area (Å²) in [6, 6.07) is 2.29. The maximum Gasteiger partial charge on any atom is 0.337 e. The Hall–Kier alpha value is -1.55. The van der Waals surface area contributed by atoms with Gasteiger partial charge in [-0.3, -0.25) is 0 Å². The van der Waals surface area contributed by atoms with Crippen molar-refractivity contribution in [2.24, 2.45) is 0 Å². The van der Waals surface area contributed by atoms with Gasteiger partial charge in [0.2, 0.25) is 0 Å². The quantitative estimate of drug-likeness (QED) is 0.765. The lowest BCUT2D eigenvalue weighted by Crippen LogP contribution is -1.94. The van der Waals surface area contributed by atoms with Gasteiger partial charge in [0.25, 0.3) is 0 Å². The molecule has 0 radical (unpaired) electrons. The van der Waals surface area contributed by atoms with Crippen LogP contribution in [0.5, 0.6) is 0 Å². The zero-order valence-corrected chi connectivity index (χ0v) is 7.60. The van der Waals surface area contributed by atoms with Gasteiger partial charge in [0, 0.05) is 11.6 Å². The Morgan fingerprint density at radius 1 is 1.50 bits per heavy atom. The van der Waals surface area contributed by atoms with Crippen molar-refractivity contribution in [3.8, 4) is 0 Å². The van der Waals surface area contributed by atoms with Gasteiger partial charge in [-0.1, -0.05) is 11.6 Å². The molecule has 14 heavy (non-hydrogen) atoms. The van der Waals surface area contributed by atoms with Crippen LogP contribution in [0, 0.1) is 5.82 Å². The third kappa shape index (κ3) is 1.24. The fraction of sp³-hybridized carbons (Fsp3) is 0. The van der Waals surface area contributed by atoms with Crippen LogP contribution in [-0.2, 0) is 0 Å². The Labute approximate surface area is 83.1 Å². The Morgan fingerprint density at radius 2 is 2.21 bits per heavy atom. The van der Waals surface area contributed by atoms with Crippen molar-refractivity contribution in [1.82, 2.24) is 4.98 Å². The molecule has 72 valence electrons. The number of aromatic nitrogens is 1. The normalized spacial score (nSPS) is 10.7. The van der Waals surface area contributed by atoms with Gasteiger partial charge in [-0.15, -0.1) is 0 Å². The van der Waals surface area contributed by atoms with E-state index in [0.717, 1.165) is 6.07 Å². The number of nitrogens with one attached hydrogen (secondary N) is 1. The lowest BCUT2D eigenvalue weighted by molar-refractivity contribution is 0.0699. The topological polar surface area (TPSA) is 53.1 Å². The number of halogens is 2. The van der Waals surface area contributed by atoms with E-state index in [1.54, 1.807) is 0 Å². The van der Waals surface area contributed by atoms with Crippen molar-refractivity contribution < 1.29 is 14.3 Å². The van der Waals surface area contributed by atoms with Gasteiger partial charge in [0.1, 0.15) is 5.82 Å². The molecule has 0 aliphatic carbocycles. The summed E-state index contributed by atoms with van der Waals surface area (Å²) in [6.07, 6.45) is 1.29. The van der Waals surface area contributed by atoms with Gasteiger partial charge in [0.05, 0.1) is 16.1 Å². The maximum atomic E-state index is 12.9. The summed E-state index contributed by atoms with van der Waals surface area (Å²) in [6.45, 7) is 0. The zero-order valence-electron chi connectivity index (χ0n) is 6.84. The lowest BCUT2D eigenvalue weighted by Gasteiger charge is -1.96. The molecular weight excluding hydrogens is 209 g/mol. The number of carbonyl (C=O) groups is 1. The summed E-state index contributed by atoms with van der Waals surface area (Å²) in [5.74, 6) is -1.59. The van der Waals surface area contributed by atoms with Crippen molar-refractivity contribution >= 4 is 28.5 Å². The number of fused-ring (bicyclic) bond motifs is 1. The minimum Gasteiger partial charge on any atom is -0.478 e. The van der Waals surface area contributed by atoms with Gasteiger partial charge in [-0.2, -0.15) is 0 Å². The molecule has 1 heterocycles. The SMILES string of the molecule is O=C(O)c1c[nH]c2cc(F)cc(Cl)c12. The number of H-pyrrole nitrogens is 1. The van der Waals surface area contributed by atoms with E-state index in [4.69, 9.17) is 16.7 Å². The summed E-state index contributed by atoms with van der Waals surface area (Å²) in [7, 11) is 0. The van der Waals surface area contributed by atoms with E-state index >= 15 is 0 Å². The summed E-state index contributed by atoms with van der Waals surface area (Å²) in [5.41, 5.74) is 0.428. The number of carboxylic acid groups (broad SMARTS) is 1. The van der Waals surface area contributed by atoms with Gasteiger partial charge in [-0.05, 0) is 12.1 Å². The van der Waals surface area contributed by atoms with Crippen LogP contribution in [0.25, 0.3) is 10.9 Å². The average molecular weight is 214 g/mol. The molecule has 1 aromatic heterocycles. The number of hydrogen-bond donors (Lipinski definition) is 2. The predicted molar refractivity (Wildman–Crippen MR) is 50.2 cm³/mol. The van der Waals surface area contributed by atoms with Crippen LogP contribution in [0.4, 0.5) is 4.39 Å². The summed E-state index contributed by atoms with van der Waals surface area (Å²) < 4.78 is 12.9. The highest BCUT2D eigenvalue weighted by Gasteiger charge is 2.14. The van der Waals surface area contributed by atoms with Crippen LogP contribution in [0.2, 0.25) is 5.02 Å². The van der Waals surface area contributed by atoms with Crippen LogP contribution in [0.15, 0.2) is 18.3 Å². The first-order valence-corrected chi connectivity index (χ1v) is 4.17. The number of hydrogen-bond acceptors (Lipinski definition) is 1. The van der Waals surface area contributed by atoms with Crippen LogP contribution >= 0.6 is 11.6 Å². The van der Waals surface area contributed by atoms with Crippen LogP contribution in [-0.4, -0.2) is 16.1 Å². The fourth-order valence-corrected chi connectivity index (χ4v) is 1.66. The molecule has 0 bridgehead atoms. The summed E-state index contributed by atoms with van der Waals surface area (Å²) in [5, 5.41) is 9.22. The smallest absolute Gasteiger partial charge is 0.337 e. The lowest BCUT2D eigenvalue weighted by atomic mass is 10.2. The Kier molecular flexibility index (Phi) is 1.93. The maximum absolute atomic E-state index is 12.9. The first kappa shape index (κ1) is 9.02. The van der Waals surface area contributed by atoms with E-state index in [0.29, 0.717) is 10.9 Å². The molecule has 0 saturated carbocycles. The van der Waals surface area contributed by atoms with Crippen molar-refractivity contribution in [3.63, 3.8) is 0 Å². The predicted octanol–water partition coefficient (Wildman–Crippen LogP) is 2.66. The largest absolute Gasteiger partial charge is 0.478 e. The third-order valence-corrected chi connectivity index (χ3v) is 2.22. The van der Waals surface area contributed by atoms with Crippen molar-refractivity contribution in [2.45, 2.75) is 0 Å². The number of aromatic amines is 1. The number of aromatic carboxylic acids is 1. The van der Waals surface area contributed by atoms with Gasteiger partial charge < -0.3 is 10.1 Å². The molecule has 5 heteroatoms. The molecule has 0 aliphatic heterocycles. The molecule has 0 atom stereocenters. The number of benzene rings is 1. The molecular formula is C9H5ClFNO2. The second kappa shape index (κ2) is 2.99. The first-order chi connectivity index (χ1) is 6.59. The Morgan fingerprint density at radius 3 is 2.86 bits per heavy atom. The molecule has 1 aromatic carbocycles. The molecule has 2 aromatic rings. The molecule has 0 aliphatic rings. The van der Waals surface area contributed by atoms with Crippen molar-refractivity contribution in [2.75, 3.05) is 0 Å². The van der Waals surface area contributed by atoms with E-state index in [2.05, 4.69) is 4.98 Å². The second-order valence-corrected chi connectivity index (χ2v) is 3.22. The van der Waals surface area contributed by atoms with E-state index < -0.39 is 11.8 Å². The van der Waals surface area contributed by atoms with Crippen LogP contribution in [0.1, 0.15) is 10.4 Å². The summed E-state index contributed by atoms with van der Waals surface area (Å²) >= 11 is 5.73. The van der Waals surface area contributed by atoms with E-state index in [9.17, 15) is 9.18 Å². The number of carboxylic acids is 1. The average Bonchev–Trinajstić information content (AvgIpc) is 2.47. The molecule has 0 saturated heterocycles. The van der Waals surface area contributed by atoms with E-state index in [1.165, 1.54) is 12.3 Å². The Bertz CT molecular complexity index is 521. The minimum atomic E-state index is -1.09. The van der Waals surface area contributed by atoms with Crippen LogP contribution in [0.3, 0.4) is 0 Å². The molecule has 2 N–H and O–H groups in total. The van der Waals surface area contributed by atoms with Crippen molar-refractivity contribution in [1.29, 1.82) is 0 Å². The highest BCUT2D eigenvalue weighted by Crippen LogP contribution is 2.27. The van der Waals surface area contributed by atoms with Gasteiger partial charge in [0.15, 0.2) is 0 Å². The molecule has 0 unspecified atom stereocenters. The standard InChI is InChI=1S/C9H5ClFNO2/c10-6-1-4(11)2-7-8(6)5(3-12-7)9(13)14/h1-3,12H,(H,13,14).